The van der Waals surface area contributed by atoms with Gasteiger partial charge in [0.2, 0.25) is 0 Å². The van der Waals surface area contributed by atoms with Gasteiger partial charge in [-0.15, -0.1) is 11.3 Å². The number of methoxy groups -OCH3 is 1. The van der Waals surface area contributed by atoms with Crippen molar-refractivity contribution in [3.8, 4) is 11.5 Å². The van der Waals surface area contributed by atoms with E-state index in [2.05, 4.69) is 10.1 Å². The van der Waals surface area contributed by atoms with Crippen molar-refractivity contribution in [2.75, 3.05) is 12.4 Å². The minimum absolute atomic E-state index is 0.0167. The average molecular weight is 465 g/mol. The minimum atomic E-state index is -4.71. The topological polar surface area (TPSA) is 102 Å². The van der Waals surface area contributed by atoms with E-state index in [0.717, 1.165) is 30.6 Å². The molecule has 1 amide bonds. The lowest BCUT2D eigenvalue weighted by Gasteiger charge is -2.16. The first-order chi connectivity index (χ1) is 15.1. The molecule has 0 saturated carbocycles. The Labute approximate surface area is 183 Å². The second kappa shape index (κ2) is 9.10. The van der Waals surface area contributed by atoms with Gasteiger partial charge in [0, 0.05) is 0 Å². The van der Waals surface area contributed by atoms with Gasteiger partial charge in [-0.25, -0.2) is 9.59 Å². The molecule has 0 aliphatic rings. The van der Waals surface area contributed by atoms with Gasteiger partial charge in [0.25, 0.3) is 5.91 Å². The lowest BCUT2D eigenvalue weighted by molar-refractivity contribution is -0.137. The van der Waals surface area contributed by atoms with E-state index >= 15 is 0 Å². The summed E-state index contributed by atoms with van der Waals surface area (Å²) in [6, 6.07) is 9.04. The van der Waals surface area contributed by atoms with Crippen molar-refractivity contribution in [1.82, 2.24) is 0 Å². The van der Waals surface area contributed by atoms with Crippen LogP contribution in [0.4, 0.5) is 18.9 Å². The summed E-state index contributed by atoms with van der Waals surface area (Å²) in [4.78, 5) is 36.0. The Bertz CT molecular complexity index is 1190. The molecule has 7 nitrogen and oxygen atoms in total. The van der Waals surface area contributed by atoms with Gasteiger partial charge in [0.1, 0.15) is 0 Å². The number of anilines is 1. The van der Waals surface area contributed by atoms with Gasteiger partial charge in [0.15, 0.2) is 16.4 Å². The maximum atomic E-state index is 13.2. The summed E-state index contributed by atoms with van der Waals surface area (Å²) in [5, 5.41) is 13.1. The molecule has 0 aliphatic carbocycles. The normalized spacial score (nSPS) is 11.0. The standard InChI is InChI=1S/C21H14F3NO6S/c1-30-20(29)17-16(8-9-32-17)31-15-7-6-11(21(22,23)24)10-14(15)25-18(26)12-4-2-3-5-13(12)19(27)28/h2-10H,1H3,(H,25,26)(H,27,28). The SMILES string of the molecule is COC(=O)c1sccc1Oc1ccc(C(F)(F)F)cc1NC(=O)c1ccccc1C(=O)O. The zero-order valence-corrected chi connectivity index (χ0v) is 17.0. The minimum Gasteiger partial charge on any atom is -0.478 e. The van der Waals surface area contributed by atoms with Crippen LogP contribution < -0.4 is 10.1 Å². The van der Waals surface area contributed by atoms with Crippen LogP contribution in [0.2, 0.25) is 0 Å². The molecule has 11 heteroatoms. The van der Waals surface area contributed by atoms with E-state index in [9.17, 15) is 32.7 Å². The number of hydrogen-bond donors (Lipinski definition) is 2. The molecule has 166 valence electrons. The Morgan fingerprint density at radius 1 is 1.00 bits per heavy atom. The average Bonchev–Trinajstić information content (AvgIpc) is 3.21. The monoisotopic (exact) mass is 465 g/mol. The molecule has 32 heavy (non-hydrogen) atoms. The summed E-state index contributed by atoms with van der Waals surface area (Å²) in [7, 11) is 1.16. The number of aromatic carboxylic acids is 1. The van der Waals surface area contributed by atoms with Crippen molar-refractivity contribution in [2.45, 2.75) is 6.18 Å². The van der Waals surface area contributed by atoms with Gasteiger partial charge >= 0.3 is 18.1 Å². The number of rotatable bonds is 6. The second-order valence-corrected chi connectivity index (χ2v) is 7.14. The maximum Gasteiger partial charge on any atom is 0.416 e. The molecule has 0 fully saturated rings. The third-order valence-electron chi connectivity index (χ3n) is 4.18. The summed E-state index contributed by atoms with van der Waals surface area (Å²) in [6.45, 7) is 0. The number of carboxylic acid groups (broad SMARTS) is 1. The van der Waals surface area contributed by atoms with E-state index in [0.29, 0.717) is 6.07 Å². The van der Waals surface area contributed by atoms with Gasteiger partial charge in [0.05, 0.1) is 29.5 Å². The summed E-state index contributed by atoms with van der Waals surface area (Å²) >= 11 is 0.999. The van der Waals surface area contributed by atoms with Crippen molar-refractivity contribution in [2.24, 2.45) is 0 Å². The second-order valence-electron chi connectivity index (χ2n) is 6.22. The molecule has 0 unspecified atom stereocenters. The molecule has 3 rings (SSSR count). The number of amides is 1. The summed E-state index contributed by atoms with van der Waals surface area (Å²) in [5.74, 6) is -3.21. The fourth-order valence-electron chi connectivity index (χ4n) is 2.69. The molecule has 0 atom stereocenters. The lowest BCUT2D eigenvalue weighted by Crippen LogP contribution is -2.17. The molecular formula is C21H14F3NO6S. The predicted octanol–water partition coefficient (Wildman–Crippen LogP) is 5.30. The largest absolute Gasteiger partial charge is 0.478 e. The van der Waals surface area contributed by atoms with Crippen LogP contribution in [0.25, 0.3) is 0 Å². The smallest absolute Gasteiger partial charge is 0.416 e. The Balaban J connectivity index is 2.02. The fourth-order valence-corrected chi connectivity index (χ4v) is 3.42. The van der Waals surface area contributed by atoms with E-state index in [1.165, 1.54) is 35.7 Å². The number of carbonyl (C=O) groups excluding carboxylic acids is 2. The maximum absolute atomic E-state index is 13.2. The first kappa shape index (κ1) is 22.8. The number of alkyl halides is 3. The number of esters is 1. The highest BCUT2D eigenvalue weighted by Crippen LogP contribution is 2.39. The van der Waals surface area contributed by atoms with Crippen molar-refractivity contribution in [3.05, 3.63) is 75.5 Å². The quantitative estimate of drug-likeness (QED) is 0.480. The van der Waals surface area contributed by atoms with E-state index in [4.69, 9.17) is 4.74 Å². The Morgan fingerprint density at radius 3 is 2.31 bits per heavy atom. The van der Waals surface area contributed by atoms with E-state index in [1.54, 1.807) is 0 Å². The molecule has 0 radical (unpaired) electrons. The molecule has 2 N–H and O–H groups in total. The Hall–Kier alpha value is -3.86. The van der Waals surface area contributed by atoms with Crippen molar-refractivity contribution in [3.63, 3.8) is 0 Å². The van der Waals surface area contributed by atoms with Crippen LogP contribution in [0.15, 0.2) is 53.9 Å². The highest BCUT2D eigenvalue weighted by molar-refractivity contribution is 7.12. The number of carbonyl (C=O) groups is 3. The molecule has 1 heterocycles. The highest BCUT2D eigenvalue weighted by Gasteiger charge is 2.32. The summed E-state index contributed by atoms with van der Waals surface area (Å²) in [6.07, 6.45) is -4.71. The van der Waals surface area contributed by atoms with Gasteiger partial charge in [-0.2, -0.15) is 13.2 Å². The molecule has 0 bridgehead atoms. The lowest BCUT2D eigenvalue weighted by atomic mass is 10.1. The molecule has 1 aromatic heterocycles. The molecule has 0 aliphatic heterocycles. The number of benzene rings is 2. The fraction of sp³-hybridized carbons (Fsp3) is 0.0952. The van der Waals surface area contributed by atoms with Gasteiger partial charge in [-0.3, -0.25) is 4.79 Å². The number of ether oxygens (including phenoxy) is 2. The first-order valence-electron chi connectivity index (χ1n) is 8.80. The van der Waals surface area contributed by atoms with Crippen molar-refractivity contribution < 1.29 is 42.1 Å². The zero-order valence-electron chi connectivity index (χ0n) is 16.2. The third kappa shape index (κ3) is 4.89. The summed E-state index contributed by atoms with van der Waals surface area (Å²) < 4.78 is 49.9. The number of carboxylic acids is 1. The third-order valence-corrected chi connectivity index (χ3v) is 5.05. The Morgan fingerprint density at radius 2 is 1.69 bits per heavy atom. The van der Waals surface area contributed by atoms with Gasteiger partial charge < -0.3 is 19.9 Å². The highest BCUT2D eigenvalue weighted by atomic mass is 32.1. The van der Waals surface area contributed by atoms with Crippen LogP contribution >= 0.6 is 11.3 Å². The van der Waals surface area contributed by atoms with E-state index < -0.39 is 29.6 Å². The van der Waals surface area contributed by atoms with Gasteiger partial charge in [-0.1, -0.05) is 12.1 Å². The number of nitrogens with one attached hydrogen (secondary N) is 1. The number of hydrogen-bond acceptors (Lipinski definition) is 6. The number of thiophene rings is 1. The van der Waals surface area contributed by atoms with Crippen LogP contribution in [0.1, 0.15) is 36.0 Å². The van der Waals surface area contributed by atoms with Crippen molar-refractivity contribution >= 4 is 34.9 Å². The van der Waals surface area contributed by atoms with E-state index in [1.807, 2.05) is 0 Å². The van der Waals surface area contributed by atoms with Gasteiger partial charge in [-0.05, 0) is 41.8 Å². The van der Waals surface area contributed by atoms with Crippen LogP contribution in [0, 0.1) is 0 Å². The van der Waals surface area contributed by atoms with Crippen LogP contribution in [-0.4, -0.2) is 30.1 Å². The van der Waals surface area contributed by atoms with Crippen LogP contribution in [0.5, 0.6) is 11.5 Å². The van der Waals surface area contributed by atoms with Crippen LogP contribution in [0.3, 0.4) is 0 Å². The van der Waals surface area contributed by atoms with E-state index in [-0.39, 0.29) is 33.2 Å². The summed E-state index contributed by atoms with van der Waals surface area (Å²) in [5.41, 5.74) is -2.02. The van der Waals surface area contributed by atoms with Crippen molar-refractivity contribution in [1.29, 1.82) is 0 Å². The molecule has 2 aromatic carbocycles. The molecular weight excluding hydrogens is 451 g/mol. The zero-order chi connectivity index (χ0) is 23.5. The molecule has 0 spiro atoms. The van der Waals surface area contributed by atoms with Crippen LogP contribution in [-0.2, 0) is 10.9 Å². The Kier molecular flexibility index (Phi) is 6.49. The molecule has 3 aromatic rings. The number of halogens is 3. The first-order valence-corrected chi connectivity index (χ1v) is 9.68. The predicted molar refractivity (Wildman–Crippen MR) is 109 cm³/mol. The molecule has 0 saturated heterocycles.